The summed E-state index contributed by atoms with van der Waals surface area (Å²) < 4.78 is 7.31. The van der Waals surface area contributed by atoms with Gasteiger partial charge >= 0.3 is 226 Å². The van der Waals surface area contributed by atoms with Crippen molar-refractivity contribution in [2.24, 2.45) is 0 Å². The zero-order chi connectivity index (χ0) is 25.7. The molecule has 3 aromatic carbocycles. The normalized spacial score (nSPS) is 17.0. The number of rotatable bonds is 5. The maximum Gasteiger partial charge on any atom is -1.00 e. The molecule has 200 valence electrons. The fraction of sp³-hybridized carbons (Fsp3) is 0.312. The van der Waals surface area contributed by atoms with Gasteiger partial charge in [-0.15, -0.1) is 0 Å². The number of hydrogen-bond acceptors (Lipinski definition) is 1. The van der Waals surface area contributed by atoms with Crippen molar-refractivity contribution in [2.45, 2.75) is 60.4 Å². The number of halogens is 3. The van der Waals surface area contributed by atoms with Gasteiger partial charge in [0.1, 0.15) is 0 Å². The Morgan fingerprint density at radius 2 is 1.08 bits per heavy atom. The fourth-order valence-corrected chi connectivity index (χ4v) is 14.5. The molecule has 0 fully saturated rings. The molecule has 6 heteroatoms. The van der Waals surface area contributed by atoms with Gasteiger partial charge < -0.3 is 37.2 Å². The first-order chi connectivity index (χ1) is 16.5. The first-order valence-corrected chi connectivity index (χ1v) is 15.2. The van der Waals surface area contributed by atoms with Gasteiger partial charge in [0.25, 0.3) is 0 Å². The minimum Gasteiger partial charge on any atom is -1.00 e. The summed E-state index contributed by atoms with van der Waals surface area (Å²) in [4.78, 5) is 0. The summed E-state index contributed by atoms with van der Waals surface area (Å²) in [6, 6.07) is 23.4. The van der Waals surface area contributed by atoms with Crippen molar-refractivity contribution in [3.63, 3.8) is 0 Å². The van der Waals surface area contributed by atoms with Crippen LogP contribution in [-0.2, 0) is 20.4 Å². The Bertz CT molecular complexity index is 1280. The van der Waals surface area contributed by atoms with E-state index in [9.17, 15) is 0 Å². The van der Waals surface area contributed by atoms with E-state index in [0.717, 1.165) is 5.75 Å². The Balaban J connectivity index is 0.00000241. The van der Waals surface area contributed by atoms with E-state index in [-0.39, 0.29) is 42.3 Å². The fourth-order valence-electron chi connectivity index (χ4n) is 6.48. The number of methoxy groups -OCH3 is 1. The van der Waals surface area contributed by atoms with Crippen molar-refractivity contribution in [3.05, 3.63) is 104 Å². The Hall–Kier alpha value is -1.26. The molecule has 1 aliphatic rings. The molecular formula is C32H37Cl3OSiTi. The van der Waals surface area contributed by atoms with Crippen molar-refractivity contribution in [3.8, 4) is 5.75 Å². The van der Waals surface area contributed by atoms with Gasteiger partial charge in [0.15, 0.2) is 0 Å². The van der Waals surface area contributed by atoms with Gasteiger partial charge in [-0.25, -0.2) is 0 Å². The van der Waals surface area contributed by atoms with Crippen molar-refractivity contribution in [1.29, 1.82) is 0 Å². The molecule has 0 aliphatic heterocycles. The van der Waals surface area contributed by atoms with E-state index in [1.165, 1.54) is 58.4 Å². The molecule has 0 saturated heterocycles. The van der Waals surface area contributed by atoms with Crippen LogP contribution in [-0.4, -0.2) is 15.2 Å². The monoisotopic (exact) mass is 618 g/mol. The Labute approximate surface area is 261 Å². The minimum atomic E-state index is -2.69. The molecule has 0 aromatic heterocycles. The van der Waals surface area contributed by atoms with Crippen LogP contribution in [0.4, 0.5) is 0 Å². The second kappa shape index (κ2) is 12.9. The molecule has 0 spiro atoms. The Morgan fingerprint density at radius 3 is 1.45 bits per heavy atom. The maximum absolute atomic E-state index is 5.81. The van der Waals surface area contributed by atoms with Crippen molar-refractivity contribution >= 4 is 23.6 Å². The molecule has 0 bridgehead atoms. The number of allylic oxidation sites excluding steroid dienone is 4. The third-order valence-electron chi connectivity index (χ3n) is 8.31. The first-order valence-electron chi connectivity index (χ1n) is 12.4. The average Bonchev–Trinajstić information content (AvgIpc) is 2.94. The minimum absolute atomic E-state index is 0. The molecule has 0 amide bonds. The average molecular weight is 620 g/mol. The molecule has 1 unspecified atom stereocenters. The predicted octanol–water partition coefficient (Wildman–Crippen LogP) is -2.66. The van der Waals surface area contributed by atoms with E-state index in [4.69, 9.17) is 4.74 Å². The first kappa shape index (κ1) is 34.8. The summed E-state index contributed by atoms with van der Waals surface area (Å²) >= 11 is 2.38. The number of ether oxygens (including phenoxy) is 1. The molecule has 1 nitrogen and oxygen atoms in total. The van der Waals surface area contributed by atoms with E-state index in [2.05, 4.69) is 136 Å². The smallest absolute Gasteiger partial charge is 1.00 e. The van der Waals surface area contributed by atoms with Crippen LogP contribution < -0.4 is 57.5 Å². The van der Waals surface area contributed by atoms with Crippen LogP contribution in [0.25, 0.3) is 0 Å². The molecule has 0 radical (unpaired) electrons. The molecule has 0 N–H and O–H groups in total. The molecule has 38 heavy (non-hydrogen) atoms. The van der Waals surface area contributed by atoms with Crippen molar-refractivity contribution in [2.75, 3.05) is 7.11 Å². The molecule has 1 atom stereocenters. The Morgan fingerprint density at radius 1 is 0.632 bits per heavy atom. The second-order valence-electron chi connectivity index (χ2n) is 10.6. The van der Waals surface area contributed by atoms with Gasteiger partial charge in [0, 0.05) is 0 Å². The second-order valence-corrected chi connectivity index (χ2v) is 15.6. The van der Waals surface area contributed by atoms with Crippen LogP contribution in [0, 0.1) is 27.7 Å². The Kier molecular flexibility index (Phi) is 11.8. The van der Waals surface area contributed by atoms with E-state index in [0.29, 0.717) is 0 Å². The van der Waals surface area contributed by atoms with Gasteiger partial charge in [-0.1, -0.05) is 0 Å². The molecule has 3 aromatic rings. The summed E-state index contributed by atoms with van der Waals surface area (Å²) in [5.41, 5.74) is 9.67. The molecule has 4 rings (SSSR count). The molecular weight excluding hydrogens is 583 g/mol. The number of benzene rings is 3. The molecule has 0 saturated carbocycles. The van der Waals surface area contributed by atoms with E-state index in [1.807, 2.05) is 0 Å². The van der Waals surface area contributed by atoms with Crippen LogP contribution >= 0.6 is 0 Å². The van der Waals surface area contributed by atoms with E-state index in [1.54, 1.807) is 7.11 Å². The zero-order valence-electron chi connectivity index (χ0n) is 23.8. The van der Waals surface area contributed by atoms with Gasteiger partial charge in [0.2, 0.25) is 0 Å². The largest absolute Gasteiger partial charge is 1.00 e. The van der Waals surface area contributed by atoms with Crippen LogP contribution in [0.2, 0.25) is 5.04 Å². The maximum atomic E-state index is 5.81. The topological polar surface area (TPSA) is 9.23 Å². The standard InChI is InChI=1S/C32H37OSi.3ClH.Ti/c1-21-13-22(2)16-30(15-21)34(29-12-10-11-28(19-29)33-9,31-17-23(3)14-24(4)18-31)32(8)20-25(5)26(6)27(32)7;;;;/h10-19H,1-9H3;3*1H;/q;;;;+3/p-3. The van der Waals surface area contributed by atoms with Crippen LogP contribution in [0.3, 0.4) is 0 Å². The summed E-state index contributed by atoms with van der Waals surface area (Å²) in [6.07, 6.45) is 0. The van der Waals surface area contributed by atoms with Crippen LogP contribution in [0.5, 0.6) is 5.75 Å². The summed E-state index contributed by atoms with van der Waals surface area (Å²) in [7, 11) is -0.918. The van der Waals surface area contributed by atoms with E-state index >= 15 is 0 Å². The number of aryl methyl sites for hydroxylation is 4. The molecule has 0 heterocycles. The van der Waals surface area contributed by atoms with Gasteiger partial charge in [0.05, 0.1) is 0 Å². The van der Waals surface area contributed by atoms with Crippen LogP contribution in [0.1, 0.15) is 49.9 Å². The number of hydrogen-bond donors (Lipinski definition) is 0. The van der Waals surface area contributed by atoms with E-state index < -0.39 is 8.07 Å². The predicted molar refractivity (Wildman–Crippen MR) is 149 cm³/mol. The van der Waals surface area contributed by atoms with Gasteiger partial charge in [-0.3, -0.25) is 0 Å². The van der Waals surface area contributed by atoms with Crippen LogP contribution in [0.15, 0.2) is 81.3 Å². The summed E-state index contributed by atoms with van der Waals surface area (Å²) in [5.74, 6) is 0.923. The van der Waals surface area contributed by atoms with Gasteiger partial charge in [-0.2, -0.15) is 0 Å². The molecule has 1 aliphatic carbocycles. The summed E-state index contributed by atoms with van der Waals surface area (Å²) in [6.45, 7) is 18.5. The van der Waals surface area contributed by atoms with Crippen molar-refractivity contribution < 1.29 is 62.4 Å². The third-order valence-corrected chi connectivity index (χ3v) is 15.7. The quantitative estimate of drug-likeness (QED) is 0.224. The third kappa shape index (κ3) is 5.38. The zero-order valence-corrected chi connectivity index (χ0v) is 28.6. The summed E-state index contributed by atoms with van der Waals surface area (Å²) in [5, 5.41) is 4.22. The van der Waals surface area contributed by atoms with Gasteiger partial charge in [-0.05, 0) is 0 Å². The van der Waals surface area contributed by atoms with Crippen molar-refractivity contribution in [1.82, 2.24) is 0 Å². The SMILES string of the molecule is COc1cccc([Si](c2cc(C)cc(C)c2)(c2cc(C)cc(C)c2)C2(C)C(C)=C(C)C(C)=[C]2[Ti+3])c1.[Cl-].[Cl-].[Cl-].